The van der Waals surface area contributed by atoms with Gasteiger partial charge < -0.3 is 14.3 Å². The predicted octanol–water partition coefficient (Wildman–Crippen LogP) is 5.59. The summed E-state index contributed by atoms with van der Waals surface area (Å²) in [6.07, 6.45) is 1.70. The van der Waals surface area contributed by atoms with Crippen molar-refractivity contribution >= 4 is 17.4 Å². The third-order valence-corrected chi connectivity index (χ3v) is 5.01. The first-order valence-electron chi connectivity index (χ1n) is 10.1. The SMILES string of the molecule is CC(C)CC(=O)C1=C(O)C(=O)N(c2ccc(Oc3ccccc3)cc2)C1c1ccco1. The average Bonchev–Trinajstić information content (AvgIpc) is 3.36. The van der Waals surface area contributed by atoms with Crippen molar-refractivity contribution < 1.29 is 23.8 Å². The van der Waals surface area contributed by atoms with E-state index < -0.39 is 17.7 Å². The molecule has 0 spiro atoms. The van der Waals surface area contributed by atoms with E-state index in [-0.39, 0.29) is 23.7 Å². The molecule has 2 aromatic carbocycles. The molecule has 1 aliphatic heterocycles. The summed E-state index contributed by atoms with van der Waals surface area (Å²) in [4.78, 5) is 27.3. The van der Waals surface area contributed by atoms with Gasteiger partial charge in [-0.15, -0.1) is 0 Å². The molecule has 1 aromatic heterocycles. The van der Waals surface area contributed by atoms with Crippen molar-refractivity contribution in [3.8, 4) is 11.5 Å². The second-order valence-corrected chi connectivity index (χ2v) is 7.79. The molecule has 1 N–H and O–H groups in total. The van der Waals surface area contributed by atoms with Crippen LogP contribution in [0.2, 0.25) is 0 Å². The van der Waals surface area contributed by atoms with Gasteiger partial charge in [0.15, 0.2) is 11.5 Å². The van der Waals surface area contributed by atoms with Crippen LogP contribution in [0.3, 0.4) is 0 Å². The van der Waals surface area contributed by atoms with Crippen LogP contribution in [0.25, 0.3) is 0 Å². The first-order chi connectivity index (χ1) is 15.0. The molecule has 3 aromatic rings. The van der Waals surface area contributed by atoms with Gasteiger partial charge in [0.05, 0.1) is 11.8 Å². The van der Waals surface area contributed by atoms with Crippen molar-refractivity contribution in [3.63, 3.8) is 0 Å². The number of hydrogen-bond donors (Lipinski definition) is 1. The van der Waals surface area contributed by atoms with Crippen LogP contribution in [0.5, 0.6) is 11.5 Å². The number of carbonyl (C=O) groups excluding carboxylic acids is 2. The van der Waals surface area contributed by atoms with Crippen molar-refractivity contribution in [1.29, 1.82) is 0 Å². The van der Waals surface area contributed by atoms with E-state index in [9.17, 15) is 14.7 Å². The summed E-state index contributed by atoms with van der Waals surface area (Å²) in [5.74, 6) is 0.361. The Hall–Kier alpha value is -3.80. The number of anilines is 1. The van der Waals surface area contributed by atoms with E-state index in [1.54, 1.807) is 36.4 Å². The first kappa shape index (κ1) is 20.5. The van der Waals surface area contributed by atoms with Crippen LogP contribution in [0.1, 0.15) is 32.1 Å². The molecule has 2 heterocycles. The summed E-state index contributed by atoms with van der Waals surface area (Å²) >= 11 is 0. The van der Waals surface area contributed by atoms with Gasteiger partial charge in [-0.1, -0.05) is 32.0 Å². The lowest BCUT2D eigenvalue weighted by Gasteiger charge is -2.25. The number of carbonyl (C=O) groups is 2. The zero-order valence-electron chi connectivity index (χ0n) is 17.3. The number of ketones is 1. The summed E-state index contributed by atoms with van der Waals surface area (Å²) in [5, 5.41) is 10.6. The lowest BCUT2D eigenvalue weighted by Crippen LogP contribution is -2.30. The molecule has 6 nitrogen and oxygen atoms in total. The molecule has 1 aliphatic rings. The number of rotatable bonds is 7. The van der Waals surface area contributed by atoms with Crippen LogP contribution in [-0.2, 0) is 9.59 Å². The Morgan fingerprint density at radius 2 is 1.71 bits per heavy atom. The van der Waals surface area contributed by atoms with Gasteiger partial charge >= 0.3 is 0 Å². The van der Waals surface area contributed by atoms with E-state index in [2.05, 4.69) is 0 Å². The molecule has 158 valence electrons. The Morgan fingerprint density at radius 3 is 2.32 bits per heavy atom. The van der Waals surface area contributed by atoms with Crippen LogP contribution in [-0.4, -0.2) is 16.8 Å². The lowest BCUT2D eigenvalue weighted by molar-refractivity contribution is -0.118. The van der Waals surface area contributed by atoms with Crippen molar-refractivity contribution in [3.05, 3.63) is 90.1 Å². The first-order valence-corrected chi connectivity index (χ1v) is 10.1. The highest BCUT2D eigenvalue weighted by Crippen LogP contribution is 2.42. The van der Waals surface area contributed by atoms with Crippen molar-refractivity contribution in [2.24, 2.45) is 5.92 Å². The van der Waals surface area contributed by atoms with E-state index in [0.717, 1.165) is 0 Å². The monoisotopic (exact) mass is 417 g/mol. The Kier molecular flexibility index (Phi) is 5.62. The standard InChI is InChI=1S/C25H23NO5/c1-16(2)15-20(27)22-23(21-9-6-14-30-21)26(25(29)24(22)28)17-10-12-19(13-11-17)31-18-7-4-3-5-8-18/h3-14,16,23,28H,15H2,1-2H3. The predicted molar refractivity (Wildman–Crippen MR) is 116 cm³/mol. The van der Waals surface area contributed by atoms with Crippen molar-refractivity contribution in [2.45, 2.75) is 26.3 Å². The molecule has 1 amide bonds. The van der Waals surface area contributed by atoms with Gasteiger partial charge in [-0.25, -0.2) is 0 Å². The second kappa shape index (κ2) is 8.52. The zero-order valence-corrected chi connectivity index (χ0v) is 17.3. The minimum Gasteiger partial charge on any atom is -0.503 e. The number of amides is 1. The van der Waals surface area contributed by atoms with Crippen LogP contribution < -0.4 is 9.64 Å². The van der Waals surface area contributed by atoms with Crippen molar-refractivity contribution in [1.82, 2.24) is 0 Å². The molecule has 4 rings (SSSR count). The number of para-hydroxylation sites is 1. The topological polar surface area (TPSA) is 80.0 Å². The smallest absolute Gasteiger partial charge is 0.294 e. The molecule has 0 saturated carbocycles. The van der Waals surface area contributed by atoms with E-state index in [0.29, 0.717) is 22.9 Å². The molecule has 0 fully saturated rings. The van der Waals surface area contributed by atoms with Gasteiger partial charge in [-0.2, -0.15) is 0 Å². The van der Waals surface area contributed by atoms with E-state index in [4.69, 9.17) is 9.15 Å². The Morgan fingerprint density at radius 1 is 1.03 bits per heavy atom. The summed E-state index contributed by atoms with van der Waals surface area (Å²) < 4.78 is 11.3. The number of ether oxygens (including phenoxy) is 1. The third-order valence-electron chi connectivity index (χ3n) is 5.01. The molecule has 0 bridgehead atoms. The number of benzene rings is 2. The highest BCUT2D eigenvalue weighted by molar-refractivity contribution is 6.16. The number of aliphatic hydroxyl groups is 1. The fourth-order valence-corrected chi connectivity index (χ4v) is 3.65. The lowest BCUT2D eigenvalue weighted by atomic mass is 9.95. The fraction of sp³-hybridized carbons (Fsp3) is 0.200. The number of aliphatic hydroxyl groups excluding tert-OH is 1. The largest absolute Gasteiger partial charge is 0.503 e. The molecule has 0 saturated heterocycles. The Bertz CT molecular complexity index is 1100. The van der Waals surface area contributed by atoms with Crippen LogP contribution in [0.4, 0.5) is 5.69 Å². The zero-order chi connectivity index (χ0) is 22.0. The molecule has 6 heteroatoms. The quantitative estimate of drug-likeness (QED) is 0.542. The Labute approximate surface area is 180 Å². The summed E-state index contributed by atoms with van der Waals surface area (Å²) in [7, 11) is 0. The molecular formula is C25H23NO5. The number of furan rings is 1. The summed E-state index contributed by atoms with van der Waals surface area (Å²) in [6.45, 7) is 3.83. The van der Waals surface area contributed by atoms with Gasteiger partial charge in [0, 0.05) is 12.1 Å². The van der Waals surface area contributed by atoms with Crippen LogP contribution in [0, 0.1) is 5.92 Å². The van der Waals surface area contributed by atoms with Gasteiger partial charge in [-0.05, 0) is 54.4 Å². The molecular weight excluding hydrogens is 394 g/mol. The molecule has 0 aliphatic carbocycles. The van der Waals surface area contributed by atoms with E-state index in [1.165, 1.54) is 11.2 Å². The van der Waals surface area contributed by atoms with Crippen molar-refractivity contribution in [2.75, 3.05) is 4.90 Å². The minimum atomic E-state index is -0.824. The van der Waals surface area contributed by atoms with Crippen LogP contribution >= 0.6 is 0 Å². The minimum absolute atomic E-state index is 0.0678. The highest BCUT2D eigenvalue weighted by atomic mass is 16.5. The summed E-state index contributed by atoms with van der Waals surface area (Å²) in [6, 6.07) is 18.8. The molecule has 31 heavy (non-hydrogen) atoms. The van der Waals surface area contributed by atoms with E-state index in [1.807, 2.05) is 44.2 Å². The van der Waals surface area contributed by atoms with E-state index >= 15 is 0 Å². The fourth-order valence-electron chi connectivity index (χ4n) is 3.65. The number of hydrogen-bond acceptors (Lipinski definition) is 5. The molecule has 1 atom stereocenters. The van der Waals surface area contributed by atoms with Gasteiger partial charge in [0.25, 0.3) is 5.91 Å². The number of Topliss-reactive ketones (excluding diaryl/α,β-unsaturated/α-hetero) is 1. The maximum atomic E-state index is 13.0. The van der Waals surface area contributed by atoms with Gasteiger partial charge in [-0.3, -0.25) is 14.5 Å². The average molecular weight is 417 g/mol. The Balaban J connectivity index is 1.67. The molecule has 1 unspecified atom stereocenters. The van der Waals surface area contributed by atoms with Gasteiger partial charge in [0.1, 0.15) is 23.3 Å². The maximum Gasteiger partial charge on any atom is 0.294 e. The second-order valence-electron chi connectivity index (χ2n) is 7.79. The summed E-state index contributed by atoms with van der Waals surface area (Å²) in [5.41, 5.74) is 0.587. The normalized spacial score (nSPS) is 16.3. The molecule has 0 radical (unpaired) electrons. The highest BCUT2D eigenvalue weighted by Gasteiger charge is 2.45. The van der Waals surface area contributed by atoms with Crippen LogP contribution in [0.15, 0.2) is 88.7 Å². The van der Waals surface area contributed by atoms with Gasteiger partial charge in [0.2, 0.25) is 0 Å². The maximum absolute atomic E-state index is 13.0. The number of nitrogens with zero attached hydrogens (tertiary/aromatic N) is 1. The third kappa shape index (κ3) is 4.10.